The molecule has 2 rings (SSSR count). The Morgan fingerprint density at radius 3 is 2.58 bits per heavy atom. The van der Waals surface area contributed by atoms with E-state index in [2.05, 4.69) is 23.6 Å². The van der Waals surface area contributed by atoms with Crippen molar-refractivity contribution in [3.8, 4) is 0 Å². The molecule has 2 radical (unpaired) electrons. The second-order valence-corrected chi connectivity index (χ2v) is 10.6. The highest BCUT2D eigenvalue weighted by molar-refractivity contribution is 7.84. The Bertz CT molecular complexity index is 1140. The Morgan fingerprint density at radius 1 is 1.35 bits per heavy atom. The quantitative estimate of drug-likeness (QED) is 0.117. The Labute approximate surface area is 173 Å². The van der Waals surface area contributed by atoms with Gasteiger partial charge in [-0.15, -0.1) is 0 Å². The standard InChI is InChI=1S/C10H15BN5O12P3/c1-5-3-16(10(18)13-9(5)17)8-2-6(14-15-12)7(26-8)4-25-29(11,19)27-31(23,24)28-30(20,21)22/h3,6-8H,2,4H2,1H3,(H,23,24)(H,13,17,18)(H2,20,21,22)/t6-,7+,8+,29?/m1/s1. The van der Waals surface area contributed by atoms with Gasteiger partial charge in [0.2, 0.25) is 7.57 Å². The fraction of sp³-hybridized carbons (Fsp3) is 0.600. The van der Waals surface area contributed by atoms with Crippen LogP contribution in [0.4, 0.5) is 0 Å². The third kappa shape index (κ3) is 7.53. The van der Waals surface area contributed by atoms with Crippen LogP contribution in [0.25, 0.3) is 10.4 Å². The third-order valence-electron chi connectivity index (χ3n) is 3.71. The predicted molar refractivity (Wildman–Crippen MR) is 101 cm³/mol. The van der Waals surface area contributed by atoms with Gasteiger partial charge in [0.15, 0.2) is 0 Å². The van der Waals surface area contributed by atoms with Crippen LogP contribution in [0.15, 0.2) is 20.9 Å². The van der Waals surface area contributed by atoms with Crippen molar-refractivity contribution in [2.75, 3.05) is 6.61 Å². The van der Waals surface area contributed by atoms with Gasteiger partial charge in [-0.3, -0.25) is 18.9 Å². The SMILES string of the molecule is [B]P(=O)(OC[C@@H]1O[C@H](n2cc(C)c(=O)[nH]c2=O)C[C@H]1N=[N+]=[N-])OP(=O)(O)OP(=O)(O)O. The van der Waals surface area contributed by atoms with Gasteiger partial charge in [0, 0.05) is 23.1 Å². The summed E-state index contributed by atoms with van der Waals surface area (Å²) >= 11 is 0. The highest BCUT2D eigenvalue weighted by Crippen LogP contribution is 2.66. The lowest BCUT2D eigenvalue weighted by atomic mass is 10.1. The summed E-state index contributed by atoms with van der Waals surface area (Å²) in [5.74, 6) is 0. The molecule has 1 aromatic heterocycles. The van der Waals surface area contributed by atoms with E-state index in [1.807, 2.05) is 0 Å². The van der Waals surface area contributed by atoms with E-state index in [0.717, 1.165) is 4.57 Å². The molecule has 1 fully saturated rings. The average molecular weight is 501 g/mol. The van der Waals surface area contributed by atoms with E-state index in [1.165, 1.54) is 13.1 Å². The maximum Gasteiger partial charge on any atom is 0.487 e. The molecule has 0 aromatic carbocycles. The Kier molecular flexibility index (Phi) is 7.91. The summed E-state index contributed by atoms with van der Waals surface area (Å²) in [5.41, 5.74) is 7.47. The van der Waals surface area contributed by atoms with Gasteiger partial charge in [-0.25, -0.2) is 18.2 Å². The molecule has 2 heterocycles. The highest BCUT2D eigenvalue weighted by Gasteiger charge is 2.41. The first-order valence-electron chi connectivity index (χ1n) is 7.98. The van der Waals surface area contributed by atoms with Crippen molar-refractivity contribution in [1.29, 1.82) is 0 Å². The number of rotatable bonds is 9. The van der Waals surface area contributed by atoms with E-state index in [0.29, 0.717) is 0 Å². The number of nitrogens with one attached hydrogen (secondary N) is 1. The number of azide groups is 1. The second-order valence-electron chi connectivity index (χ2n) is 6.07. The zero-order valence-electron chi connectivity index (χ0n) is 15.4. The number of aromatic amines is 1. The van der Waals surface area contributed by atoms with Crippen molar-refractivity contribution in [3.05, 3.63) is 43.0 Å². The molecule has 0 spiro atoms. The molecule has 4 N–H and O–H groups in total. The lowest BCUT2D eigenvalue weighted by molar-refractivity contribution is -0.0232. The summed E-state index contributed by atoms with van der Waals surface area (Å²) in [5, 5.41) is 3.46. The van der Waals surface area contributed by atoms with E-state index in [-0.39, 0.29) is 12.0 Å². The Balaban J connectivity index is 2.14. The van der Waals surface area contributed by atoms with Crippen LogP contribution in [0.1, 0.15) is 18.2 Å². The number of nitrogens with zero attached hydrogens (tertiary/aromatic N) is 4. The van der Waals surface area contributed by atoms with Crippen molar-refractivity contribution in [3.63, 3.8) is 0 Å². The largest absolute Gasteiger partial charge is 0.487 e. The summed E-state index contributed by atoms with van der Waals surface area (Å²) in [7, 11) is -10.9. The lowest BCUT2D eigenvalue weighted by Crippen LogP contribution is -2.33. The van der Waals surface area contributed by atoms with Crippen LogP contribution < -0.4 is 11.2 Å². The summed E-state index contributed by atoms with van der Waals surface area (Å²) in [4.78, 5) is 54.5. The highest BCUT2D eigenvalue weighted by atomic mass is 31.3. The molecule has 2 unspecified atom stereocenters. The molecular weight excluding hydrogens is 486 g/mol. The molecule has 170 valence electrons. The summed E-state index contributed by atoms with van der Waals surface area (Å²) in [6.45, 7) is 0.686. The molecule has 5 atom stereocenters. The number of hydrogen-bond acceptors (Lipinski definition) is 10. The molecule has 1 saturated heterocycles. The molecule has 0 bridgehead atoms. The summed E-state index contributed by atoms with van der Waals surface area (Å²) in [6.07, 6.45) is -1.08. The van der Waals surface area contributed by atoms with Gasteiger partial charge < -0.3 is 23.9 Å². The van der Waals surface area contributed by atoms with Crippen molar-refractivity contribution in [2.24, 2.45) is 5.11 Å². The number of ether oxygens (including phenoxy) is 1. The number of aromatic nitrogens is 2. The third-order valence-corrected chi connectivity index (χ3v) is 7.63. The molecule has 1 aromatic rings. The van der Waals surface area contributed by atoms with Gasteiger partial charge in [0.05, 0.1) is 18.8 Å². The van der Waals surface area contributed by atoms with Crippen molar-refractivity contribution in [2.45, 2.75) is 31.7 Å². The van der Waals surface area contributed by atoms with Crippen LogP contribution in [0.2, 0.25) is 0 Å². The predicted octanol–water partition coefficient (Wildman–Crippen LogP) is 0.331. The van der Waals surface area contributed by atoms with Crippen molar-refractivity contribution >= 4 is 30.7 Å². The first-order valence-corrected chi connectivity index (χ1v) is 12.6. The van der Waals surface area contributed by atoms with Gasteiger partial charge in [0.1, 0.15) is 6.23 Å². The van der Waals surface area contributed by atoms with E-state index < -0.39 is 59.3 Å². The lowest BCUT2D eigenvalue weighted by Gasteiger charge is -2.21. The summed E-state index contributed by atoms with van der Waals surface area (Å²) in [6, 6.07) is -0.985. The van der Waals surface area contributed by atoms with Crippen LogP contribution in [0.3, 0.4) is 0 Å². The number of H-pyrrole nitrogens is 1. The zero-order chi connectivity index (χ0) is 23.6. The molecule has 1 aliphatic heterocycles. The number of phosphoric acid groups is 2. The monoisotopic (exact) mass is 501 g/mol. The van der Waals surface area contributed by atoms with Crippen LogP contribution in [0.5, 0.6) is 0 Å². The van der Waals surface area contributed by atoms with E-state index >= 15 is 0 Å². The number of hydrogen-bond donors (Lipinski definition) is 4. The van der Waals surface area contributed by atoms with Gasteiger partial charge >= 0.3 is 21.3 Å². The molecular formula is C10H15BN5O12P3. The van der Waals surface area contributed by atoms with Crippen molar-refractivity contribution in [1.82, 2.24) is 9.55 Å². The fourth-order valence-electron chi connectivity index (χ4n) is 2.52. The van der Waals surface area contributed by atoms with Gasteiger partial charge in [-0.1, -0.05) is 5.11 Å². The van der Waals surface area contributed by atoms with Gasteiger partial charge in [-0.2, -0.15) is 4.31 Å². The van der Waals surface area contributed by atoms with Gasteiger partial charge in [0.25, 0.3) is 13.0 Å². The molecule has 0 aliphatic carbocycles. The fourth-order valence-corrected chi connectivity index (χ4v) is 5.67. The maximum absolute atomic E-state index is 12.0. The van der Waals surface area contributed by atoms with E-state index in [1.54, 1.807) is 0 Å². The first kappa shape index (κ1) is 25.7. The molecule has 0 saturated carbocycles. The minimum atomic E-state index is -5.58. The van der Waals surface area contributed by atoms with Crippen LogP contribution in [0, 0.1) is 6.92 Å². The molecule has 21 heteroatoms. The molecule has 1 aliphatic rings. The van der Waals surface area contributed by atoms with Crippen molar-refractivity contribution < 1.29 is 46.3 Å². The Morgan fingerprint density at radius 2 is 2.00 bits per heavy atom. The summed E-state index contributed by atoms with van der Waals surface area (Å²) < 4.78 is 52.8. The molecule has 0 amide bonds. The number of aryl methyl sites for hydroxylation is 1. The van der Waals surface area contributed by atoms with Crippen LogP contribution >= 0.6 is 23.1 Å². The Hall–Kier alpha value is -1.54. The average Bonchev–Trinajstić information content (AvgIpc) is 2.96. The van der Waals surface area contributed by atoms with E-state index in [9.17, 15) is 28.2 Å². The zero-order valence-corrected chi connectivity index (χ0v) is 18.1. The van der Waals surface area contributed by atoms with Gasteiger partial charge in [-0.05, 0) is 12.5 Å². The maximum atomic E-state index is 12.0. The molecule has 17 nitrogen and oxygen atoms in total. The van der Waals surface area contributed by atoms with Crippen LogP contribution in [-0.4, -0.2) is 50.5 Å². The van der Waals surface area contributed by atoms with E-state index in [4.69, 9.17) is 32.1 Å². The first-order chi connectivity index (χ1) is 14.1. The second kappa shape index (κ2) is 9.53. The molecule has 31 heavy (non-hydrogen) atoms. The topological polar surface area (TPSA) is 252 Å². The smallest absolute Gasteiger partial charge is 0.352 e. The van der Waals surface area contributed by atoms with Crippen LogP contribution in [-0.2, 0) is 31.6 Å². The minimum absolute atomic E-state index is 0.0704. The normalized spacial score (nSPS) is 25.4. The minimum Gasteiger partial charge on any atom is -0.352 e.